The zero-order valence-corrected chi connectivity index (χ0v) is 21.8. The predicted molar refractivity (Wildman–Crippen MR) is 141 cm³/mol. The van der Waals surface area contributed by atoms with Crippen molar-refractivity contribution in [1.29, 1.82) is 0 Å². The van der Waals surface area contributed by atoms with Crippen LogP contribution in [0.1, 0.15) is 22.3 Å². The zero-order valence-electron chi connectivity index (χ0n) is 20.3. The monoisotopic (exact) mass is 576 g/mol. The van der Waals surface area contributed by atoms with Crippen LogP contribution in [0.3, 0.4) is 0 Å². The molecule has 0 fully saturated rings. The Bertz CT molecular complexity index is 1700. The van der Waals surface area contributed by atoms with Gasteiger partial charge in [-0.1, -0.05) is 59.6 Å². The molecule has 0 atom stereocenters. The fourth-order valence-corrected chi connectivity index (χ4v) is 4.71. The number of fused-ring (bicyclic) bond motifs is 1. The summed E-state index contributed by atoms with van der Waals surface area (Å²) in [5.74, 6) is -0.802. The highest BCUT2D eigenvalue weighted by Gasteiger charge is 2.34. The molecule has 4 aromatic carbocycles. The third kappa shape index (κ3) is 5.44. The summed E-state index contributed by atoms with van der Waals surface area (Å²) >= 11 is 12.1. The fraction of sp³-hybridized carbons (Fsp3) is 0.138. The van der Waals surface area contributed by atoms with E-state index in [0.717, 1.165) is 12.1 Å². The van der Waals surface area contributed by atoms with Gasteiger partial charge in [-0.3, -0.25) is 4.68 Å². The van der Waals surface area contributed by atoms with Gasteiger partial charge in [0, 0.05) is 27.1 Å². The van der Waals surface area contributed by atoms with Gasteiger partial charge in [-0.15, -0.1) is 0 Å². The molecule has 5 aromatic rings. The number of nitrogens with zero attached hydrogens (tertiary/aromatic N) is 2. The van der Waals surface area contributed by atoms with Gasteiger partial charge < -0.3 is 4.74 Å². The molecule has 0 unspecified atom stereocenters. The van der Waals surface area contributed by atoms with Crippen molar-refractivity contribution in [2.24, 2.45) is 0 Å². The van der Waals surface area contributed by atoms with Gasteiger partial charge in [0.05, 0.1) is 22.8 Å². The number of aryl methyl sites for hydroxylation is 1. The highest BCUT2D eigenvalue weighted by Crippen LogP contribution is 2.39. The number of hydrogen-bond acceptors (Lipinski definition) is 2. The summed E-state index contributed by atoms with van der Waals surface area (Å²) in [5.41, 5.74) is 0.693. The van der Waals surface area contributed by atoms with E-state index in [9.17, 15) is 22.0 Å². The van der Waals surface area contributed by atoms with Crippen molar-refractivity contribution >= 4 is 34.1 Å². The third-order valence-electron chi connectivity index (χ3n) is 6.28. The first-order chi connectivity index (χ1) is 18.5. The lowest BCUT2D eigenvalue weighted by Crippen LogP contribution is -2.07. The average Bonchev–Trinajstić information content (AvgIpc) is 3.25. The average molecular weight is 577 g/mol. The molecule has 0 N–H and O–H groups in total. The van der Waals surface area contributed by atoms with Crippen LogP contribution in [0.25, 0.3) is 22.2 Å². The van der Waals surface area contributed by atoms with Gasteiger partial charge in [-0.05, 0) is 48.9 Å². The standard InChI is InChI=1S/C29H19Cl2F5N2O/c1-16-8-11-24(32)22(26(16)31)15-39-20-5-2-4-17(12-20)28-21-6-3-7-23(29(34,35)36)27(21)37-38(28)14-18-9-10-19(30)13-25(18)33/h2-13H,14-15H2,1H3. The van der Waals surface area contributed by atoms with Crippen LogP contribution in [0.5, 0.6) is 5.75 Å². The molecule has 0 radical (unpaired) electrons. The molecule has 1 aromatic heterocycles. The van der Waals surface area contributed by atoms with Crippen LogP contribution in [-0.4, -0.2) is 9.78 Å². The number of alkyl halides is 3. The Kier molecular flexibility index (Phi) is 7.27. The van der Waals surface area contributed by atoms with E-state index in [-0.39, 0.29) is 45.2 Å². The third-order valence-corrected chi connectivity index (χ3v) is 7.04. The molecule has 0 saturated carbocycles. The molecule has 0 aliphatic carbocycles. The summed E-state index contributed by atoms with van der Waals surface area (Å²) in [5, 5.41) is 4.93. The van der Waals surface area contributed by atoms with Gasteiger partial charge in [-0.25, -0.2) is 8.78 Å². The van der Waals surface area contributed by atoms with Gasteiger partial charge in [0.1, 0.15) is 29.5 Å². The Balaban J connectivity index is 1.60. The van der Waals surface area contributed by atoms with Crippen molar-refractivity contribution in [2.75, 3.05) is 0 Å². The van der Waals surface area contributed by atoms with Crippen molar-refractivity contribution in [1.82, 2.24) is 9.78 Å². The molecule has 39 heavy (non-hydrogen) atoms. The fourth-order valence-electron chi connectivity index (χ4n) is 4.35. The Labute approximate surface area is 230 Å². The quantitative estimate of drug-likeness (QED) is 0.188. The lowest BCUT2D eigenvalue weighted by atomic mass is 10.0. The number of benzene rings is 4. The second-order valence-electron chi connectivity index (χ2n) is 8.91. The molecular formula is C29H19Cl2F5N2O. The number of ether oxygens (including phenoxy) is 1. The molecule has 0 saturated heterocycles. The SMILES string of the molecule is Cc1ccc(F)c(COc2cccc(-c3c4cccc(C(F)(F)F)c4nn3Cc3ccc(Cl)cc3F)c2)c1Cl. The van der Waals surface area contributed by atoms with Crippen LogP contribution < -0.4 is 4.74 Å². The topological polar surface area (TPSA) is 27.1 Å². The van der Waals surface area contributed by atoms with E-state index in [1.54, 1.807) is 37.3 Å². The second kappa shape index (κ2) is 10.5. The van der Waals surface area contributed by atoms with E-state index in [0.29, 0.717) is 22.6 Å². The summed E-state index contributed by atoms with van der Waals surface area (Å²) in [4.78, 5) is 0. The summed E-state index contributed by atoms with van der Waals surface area (Å²) in [6, 6.07) is 17.3. The predicted octanol–water partition coefficient (Wildman–Crippen LogP) is 9.24. The summed E-state index contributed by atoms with van der Waals surface area (Å²) < 4.78 is 77.6. The Morgan fingerprint density at radius 1 is 0.897 bits per heavy atom. The smallest absolute Gasteiger partial charge is 0.418 e. The minimum absolute atomic E-state index is 0.153. The van der Waals surface area contributed by atoms with E-state index in [1.165, 1.54) is 35.0 Å². The molecule has 0 spiro atoms. The Morgan fingerprint density at radius 2 is 1.67 bits per heavy atom. The van der Waals surface area contributed by atoms with Gasteiger partial charge in [0.15, 0.2) is 0 Å². The lowest BCUT2D eigenvalue weighted by molar-refractivity contribution is -0.136. The molecule has 5 rings (SSSR count). The number of rotatable bonds is 6. The summed E-state index contributed by atoms with van der Waals surface area (Å²) in [6.45, 7) is 1.43. The maximum absolute atomic E-state index is 14.6. The van der Waals surface area contributed by atoms with E-state index in [4.69, 9.17) is 27.9 Å². The lowest BCUT2D eigenvalue weighted by Gasteiger charge is -2.13. The van der Waals surface area contributed by atoms with Crippen LogP contribution in [0.2, 0.25) is 10.0 Å². The van der Waals surface area contributed by atoms with Gasteiger partial charge in [0.2, 0.25) is 0 Å². The minimum atomic E-state index is -4.65. The number of aromatic nitrogens is 2. The highest BCUT2D eigenvalue weighted by molar-refractivity contribution is 6.32. The maximum Gasteiger partial charge on any atom is 0.418 e. The highest BCUT2D eigenvalue weighted by atomic mass is 35.5. The molecule has 0 bridgehead atoms. The van der Waals surface area contributed by atoms with Crippen LogP contribution in [0.15, 0.2) is 72.8 Å². The van der Waals surface area contributed by atoms with Crippen LogP contribution >= 0.6 is 23.2 Å². The first-order valence-electron chi connectivity index (χ1n) is 11.7. The van der Waals surface area contributed by atoms with Gasteiger partial charge in [0.25, 0.3) is 0 Å². The molecular weight excluding hydrogens is 558 g/mol. The minimum Gasteiger partial charge on any atom is -0.489 e. The van der Waals surface area contributed by atoms with E-state index >= 15 is 0 Å². The largest absolute Gasteiger partial charge is 0.489 e. The van der Waals surface area contributed by atoms with E-state index in [2.05, 4.69) is 5.10 Å². The van der Waals surface area contributed by atoms with Crippen molar-refractivity contribution in [2.45, 2.75) is 26.3 Å². The van der Waals surface area contributed by atoms with E-state index < -0.39 is 23.4 Å². The summed E-state index contributed by atoms with van der Waals surface area (Å²) in [7, 11) is 0. The van der Waals surface area contributed by atoms with Crippen LogP contribution in [-0.2, 0) is 19.3 Å². The Morgan fingerprint density at radius 3 is 2.41 bits per heavy atom. The molecule has 200 valence electrons. The zero-order chi connectivity index (χ0) is 27.9. The molecule has 10 heteroatoms. The van der Waals surface area contributed by atoms with Crippen molar-refractivity contribution < 1.29 is 26.7 Å². The first-order valence-corrected chi connectivity index (χ1v) is 12.5. The van der Waals surface area contributed by atoms with Gasteiger partial charge in [-0.2, -0.15) is 18.3 Å². The molecule has 3 nitrogen and oxygen atoms in total. The molecule has 0 amide bonds. The Hall–Kier alpha value is -3.62. The van der Waals surface area contributed by atoms with Crippen molar-refractivity contribution in [3.63, 3.8) is 0 Å². The molecule has 0 aliphatic heterocycles. The second-order valence-corrected chi connectivity index (χ2v) is 9.73. The number of hydrogen-bond donors (Lipinski definition) is 0. The molecule has 1 heterocycles. The van der Waals surface area contributed by atoms with Crippen LogP contribution in [0.4, 0.5) is 22.0 Å². The maximum atomic E-state index is 14.6. The van der Waals surface area contributed by atoms with Gasteiger partial charge >= 0.3 is 6.18 Å². The molecule has 0 aliphatic rings. The summed E-state index contributed by atoms with van der Waals surface area (Å²) in [6.07, 6.45) is -4.65. The number of halogens is 7. The first kappa shape index (κ1) is 27.0. The van der Waals surface area contributed by atoms with Crippen molar-refractivity contribution in [3.8, 4) is 17.0 Å². The normalized spacial score (nSPS) is 11.8. The van der Waals surface area contributed by atoms with E-state index in [1.807, 2.05) is 0 Å². The van der Waals surface area contributed by atoms with Crippen molar-refractivity contribution in [3.05, 3.63) is 117 Å². The van der Waals surface area contributed by atoms with Crippen LogP contribution in [0, 0.1) is 18.6 Å².